The van der Waals surface area contributed by atoms with Crippen LogP contribution in [0.25, 0.3) is 0 Å². The zero-order chi connectivity index (χ0) is 33.4. The lowest BCUT2D eigenvalue weighted by atomic mass is 10.0. The predicted molar refractivity (Wildman–Crippen MR) is 173 cm³/mol. The molecule has 0 aromatic carbocycles. The minimum Gasteiger partial charge on any atom is -0.475 e. The average Bonchev–Trinajstić information content (AvgIpc) is 3.26. The standard InChI is InChI=1S/C34H53N5O6/c1-22(13-15-34(16-17-34)36-29(41)44-32(5,6)7)43-27-20-24(14-18-35-27)38(30(42)45-33(8,9)10)28-21-26(23-11-12-25(40)19-23)37-39(28)31(2,3)4/h14,18,20-23,25,40H,11-13,15-17,19H2,1-10H3,(H,36,41)/t22?,23-,25+/m0/s1. The quantitative estimate of drug-likeness (QED) is 0.296. The Kier molecular flexibility index (Phi) is 9.83. The van der Waals surface area contributed by atoms with Gasteiger partial charge in [0.05, 0.1) is 29.1 Å². The van der Waals surface area contributed by atoms with E-state index in [0.29, 0.717) is 30.2 Å². The van der Waals surface area contributed by atoms with E-state index in [1.807, 2.05) is 80.0 Å². The van der Waals surface area contributed by atoms with Crippen LogP contribution in [0.15, 0.2) is 24.4 Å². The van der Waals surface area contributed by atoms with Gasteiger partial charge in [-0.1, -0.05) is 0 Å². The molecule has 2 fully saturated rings. The van der Waals surface area contributed by atoms with E-state index >= 15 is 0 Å². The van der Waals surface area contributed by atoms with Gasteiger partial charge < -0.3 is 24.6 Å². The van der Waals surface area contributed by atoms with Gasteiger partial charge in [0.25, 0.3) is 0 Å². The summed E-state index contributed by atoms with van der Waals surface area (Å²) in [5.74, 6) is 1.06. The maximum Gasteiger partial charge on any atom is 0.420 e. The van der Waals surface area contributed by atoms with Crippen LogP contribution in [0.5, 0.6) is 5.88 Å². The van der Waals surface area contributed by atoms with Gasteiger partial charge in [0.15, 0.2) is 0 Å². The molecule has 0 bridgehead atoms. The van der Waals surface area contributed by atoms with Gasteiger partial charge in [0.2, 0.25) is 5.88 Å². The van der Waals surface area contributed by atoms with Crippen LogP contribution in [-0.4, -0.2) is 61.0 Å². The Morgan fingerprint density at radius 1 is 1.07 bits per heavy atom. The lowest BCUT2D eigenvalue weighted by molar-refractivity contribution is 0.0487. The third-order valence-corrected chi connectivity index (χ3v) is 7.92. The normalized spacial score (nSPS) is 20.3. The number of aromatic nitrogens is 3. The van der Waals surface area contributed by atoms with E-state index in [0.717, 1.165) is 37.8 Å². The van der Waals surface area contributed by atoms with Gasteiger partial charge in [0, 0.05) is 29.8 Å². The second kappa shape index (κ2) is 12.8. The maximum absolute atomic E-state index is 13.9. The van der Waals surface area contributed by atoms with Crippen LogP contribution in [0.2, 0.25) is 0 Å². The lowest BCUT2D eigenvalue weighted by Gasteiger charge is -2.30. The number of amides is 2. The summed E-state index contributed by atoms with van der Waals surface area (Å²) in [5.41, 5.74) is -0.605. The molecule has 1 unspecified atom stereocenters. The number of rotatable bonds is 9. The molecule has 2 aliphatic carbocycles. The van der Waals surface area contributed by atoms with Crippen molar-refractivity contribution in [1.82, 2.24) is 20.1 Å². The second-order valence-corrected chi connectivity index (χ2v) is 15.7. The van der Waals surface area contributed by atoms with Gasteiger partial charge in [-0.3, -0.25) is 0 Å². The molecule has 2 amide bonds. The van der Waals surface area contributed by atoms with Gasteiger partial charge in [0.1, 0.15) is 17.0 Å². The fraction of sp³-hybridized carbons (Fsp3) is 0.706. The first-order chi connectivity index (χ1) is 20.7. The molecular weight excluding hydrogens is 574 g/mol. The number of anilines is 2. The summed E-state index contributed by atoms with van der Waals surface area (Å²) in [6, 6.07) is 5.43. The van der Waals surface area contributed by atoms with E-state index in [9.17, 15) is 14.7 Å². The number of aliphatic hydroxyl groups is 1. The zero-order valence-electron chi connectivity index (χ0n) is 28.8. The number of nitrogens with zero attached hydrogens (tertiary/aromatic N) is 4. The van der Waals surface area contributed by atoms with E-state index in [4.69, 9.17) is 19.3 Å². The van der Waals surface area contributed by atoms with E-state index in [-0.39, 0.29) is 23.7 Å². The third kappa shape index (κ3) is 9.58. The number of carbonyl (C=O) groups is 2. The topological polar surface area (TPSA) is 128 Å². The van der Waals surface area contributed by atoms with Gasteiger partial charge in [-0.05, 0) is 120 Å². The van der Waals surface area contributed by atoms with E-state index in [2.05, 4.69) is 10.3 Å². The number of alkyl carbamates (subject to hydrolysis) is 1. The van der Waals surface area contributed by atoms with Crippen LogP contribution in [0, 0.1) is 0 Å². The molecule has 2 heterocycles. The van der Waals surface area contributed by atoms with Crippen molar-refractivity contribution in [3.63, 3.8) is 0 Å². The molecule has 0 saturated heterocycles. The smallest absolute Gasteiger partial charge is 0.420 e. The van der Waals surface area contributed by atoms with Crippen LogP contribution in [0.3, 0.4) is 0 Å². The van der Waals surface area contributed by atoms with Crippen molar-refractivity contribution >= 4 is 23.7 Å². The highest BCUT2D eigenvalue weighted by Gasteiger charge is 2.44. The fourth-order valence-corrected chi connectivity index (χ4v) is 5.56. The Hall–Kier alpha value is -3.34. The van der Waals surface area contributed by atoms with Crippen molar-refractivity contribution in [2.45, 2.75) is 155 Å². The van der Waals surface area contributed by atoms with Crippen molar-refractivity contribution in [3.8, 4) is 5.88 Å². The Bertz CT molecular complexity index is 1350. The molecule has 11 nitrogen and oxygen atoms in total. The molecule has 2 saturated carbocycles. The van der Waals surface area contributed by atoms with E-state index in [1.54, 1.807) is 18.3 Å². The Morgan fingerprint density at radius 2 is 1.73 bits per heavy atom. The number of hydrogen-bond donors (Lipinski definition) is 2. The van der Waals surface area contributed by atoms with Gasteiger partial charge in [-0.2, -0.15) is 5.10 Å². The van der Waals surface area contributed by atoms with Crippen LogP contribution < -0.4 is 15.0 Å². The highest BCUT2D eigenvalue weighted by molar-refractivity contribution is 5.95. The fourth-order valence-electron chi connectivity index (χ4n) is 5.56. The summed E-state index contributed by atoms with van der Waals surface area (Å²) >= 11 is 0. The molecule has 2 aromatic heterocycles. The summed E-state index contributed by atoms with van der Waals surface area (Å²) in [6.45, 7) is 19.2. The number of hydrogen-bond acceptors (Lipinski definition) is 8. The van der Waals surface area contributed by atoms with Crippen molar-refractivity contribution in [1.29, 1.82) is 0 Å². The third-order valence-electron chi connectivity index (χ3n) is 7.92. The summed E-state index contributed by atoms with van der Waals surface area (Å²) in [6.07, 6.45) is 5.62. The van der Waals surface area contributed by atoms with Gasteiger partial charge >= 0.3 is 12.2 Å². The molecule has 250 valence electrons. The number of pyridine rings is 1. The first-order valence-corrected chi connectivity index (χ1v) is 16.2. The van der Waals surface area contributed by atoms with Crippen LogP contribution in [0.1, 0.15) is 126 Å². The van der Waals surface area contributed by atoms with Crippen LogP contribution in [-0.2, 0) is 15.0 Å². The Labute approximate surface area is 268 Å². The molecule has 2 aromatic rings. The maximum atomic E-state index is 13.9. The number of nitrogens with one attached hydrogen (secondary N) is 1. The lowest BCUT2D eigenvalue weighted by Crippen LogP contribution is -2.41. The van der Waals surface area contributed by atoms with Crippen molar-refractivity contribution < 1.29 is 28.9 Å². The zero-order valence-corrected chi connectivity index (χ0v) is 28.8. The summed E-state index contributed by atoms with van der Waals surface area (Å²) < 4.78 is 19.4. The highest BCUT2D eigenvalue weighted by Crippen LogP contribution is 2.41. The summed E-state index contributed by atoms with van der Waals surface area (Å²) in [5, 5.41) is 18.2. The van der Waals surface area contributed by atoms with Crippen molar-refractivity contribution in [3.05, 3.63) is 30.1 Å². The minimum absolute atomic E-state index is 0.111. The highest BCUT2D eigenvalue weighted by atomic mass is 16.6. The molecule has 3 atom stereocenters. The van der Waals surface area contributed by atoms with E-state index < -0.39 is 28.9 Å². The summed E-state index contributed by atoms with van der Waals surface area (Å²) in [7, 11) is 0. The molecular formula is C34H53N5O6. The van der Waals surface area contributed by atoms with Crippen molar-refractivity contribution in [2.24, 2.45) is 0 Å². The monoisotopic (exact) mass is 627 g/mol. The van der Waals surface area contributed by atoms with Crippen LogP contribution in [0.4, 0.5) is 21.1 Å². The number of aliphatic hydroxyl groups excluding tert-OH is 1. The first kappa shape index (κ1) is 34.5. The molecule has 4 rings (SSSR count). The molecule has 0 spiro atoms. The SMILES string of the molecule is CC(CCC1(NC(=O)OC(C)(C)C)CC1)Oc1cc(N(C(=O)OC(C)(C)C)c2cc([C@H]3CC[C@@H](O)C3)nn2C(C)(C)C)ccn1. The average molecular weight is 628 g/mol. The first-order valence-electron chi connectivity index (χ1n) is 16.2. The van der Waals surface area contributed by atoms with Crippen molar-refractivity contribution in [2.75, 3.05) is 4.90 Å². The molecule has 11 heteroatoms. The van der Waals surface area contributed by atoms with E-state index in [1.165, 1.54) is 4.90 Å². The van der Waals surface area contributed by atoms with Gasteiger partial charge in [-0.25, -0.2) is 24.2 Å². The van der Waals surface area contributed by atoms with Gasteiger partial charge in [-0.15, -0.1) is 0 Å². The molecule has 45 heavy (non-hydrogen) atoms. The Balaban J connectivity index is 1.56. The largest absolute Gasteiger partial charge is 0.475 e. The minimum atomic E-state index is -0.729. The van der Waals surface area contributed by atoms with Crippen LogP contribution >= 0.6 is 0 Å². The summed E-state index contributed by atoms with van der Waals surface area (Å²) in [4.78, 5) is 32.2. The molecule has 2 N–H and O–H groups in total. The number of carbonyl (C=O) groups excluding carboxylic acids is 2. The predicted octanol–water partition coefficient (Wildman–Crippen LogP) is 7.34. The molecule has 0 aliphatic heterocycles. The Morgan fingerprint density at radius 3 is 2.29 bits per heavy atom. The molecule has 2 aliphatic rings. The number of ether oxygens (including phenoxy) is 3. The second-order valence-electron chi connectivity index (χ2n) is 15.7. The molecule has 0 radical (unpaired) electrons.